The maximum atomic E-state index is 13.5. The Bertz CT molecular complexity index is 603. The Morgan fingerprint density at radius 3 is 2.61 bits per heavy atom. The molecule has 7 heteroatoms. The number of hydrogen-bond donors (Lipinski definition) is 2. The van der Waals surface area contributed by atoms with Gasteiger partial charge in [-0.1, -0.05) is 11.8 Å². The van der Waals surface area contributed by atoms with Gasteiger partial charge in [-0.25, -0.2) is 18.7 Å². The Kier molecular flexibility index (Phi) is 3.52. The third kappa shape index (κ3) is 2.62. The van der Waals surface area contributed by atoms with Gasteiger partial charge in [0, 0.05) is 23.4 Å². The van der Waals surface area contributed by atoms with Crippen molar-refractivity contribution in [3.8, 4) is 0 Å². The normalized spacial score (nSPS) is 10.3. The number of aromatic nitrogens is 2. The van der Waals surface area contributed by atoms with Crippen molar-refractivity contribution in [1.29, 1.82) is 5.41 Å². The van der Waals surface area contributed by atoms with Crippen molar-refractivity contribution in [3.05, 3.63) is 47.9 Å². The number of rotatable bonds is 3. The summed E-state index contributed by atoms with van der Waals surface area (Å²) in [5.74, 6) is -1.60. The van der Waals surface area contributed by atoms with Gasteiger partial charge in [-0.05, 0) is 12.1 Å². The lowest BCUT2D eigenvalue weighted by Gasteiger charge is -2.06. The van der Waals surface area contributed by atoms with E-state index in [4.69, 9.17) is 11.1 Å². The molecule has 0 saturated heterocycles. The number of amidine groups is 1. The zero-order valence-electron chi connectivity index (χ0n) is 9.02. The van der Waals surface area contributed by atoms with Crippen LogP contribution in [0.5, 0.6) is 0 Å². The highest BCUT2D eigenvalue weighted by Crippen LogP contribution is 2.29. The molecule has 0 saturated carbocycles. The molecular formula is C11H8F2N4S. The minimum Gasteiger partial charge on any atom is -0.382 e. The fourth-order valence-electron chi connectivity index (χ4n) is 1.25. The number of halogens is 2. The minimum atomic E-state index is -0.694. The van der Waals surface area contributed by atoms with E-state index in [9.17, 15) is 8.78 Å². The molecule has 92 valence electrons. The molecule has 0 aliphatic heterocycles. The van der Waals surface area contributed by atoms with Crippen LogP contribution in [0.15, 0.2) is 40.5 Å². The predicted octanol–water partition coefficient (Wildman–Crippen LogP) is 2.19. The molecule has 0 fully saturated rings. The van der Waals surface area contributed by atoms with Gasteiger partial charge in [0.1, 0.15) is 28.2 Å². The second-order valence-corrected chi connectivity index (χ2v) is 4.33. The molecule has 4 nitrogen and oxygen atoms in total. The Morgan fingerprint density at radius 2 is 1.94 bits per heavy atom. The number of nitrogens with one attached hydrogen (secondary N) is 1. The summed E-state index contributed by atoms with van der Waals surface area (Å²) in [6.07, 6.45) is 2.80. The summed E-state index contributed by atoms with van der Waals surface area (Å²) in [7, 11) is 0. The lowest BCUT2D eigenvalue weighted by atomic mass is 10.3. The minimum absolute atomic E-state index is 0.172. The van der Waals surface area contributed by atoms with E-state index in [0.29, 0.717) is 5.03 Å². The first kappa shape index (κ1) is 12.4. The maximum Gasteiger partial charge on any atom is 0.144 e. The molecule has 1 heterocycles. The van der Waals surface area contributed by atoms with Gasteiger partial charge in [-0.3, -0.25) is 5.41 Å². The largest absolute Gasteiger partial charge is 0.382 e. The van der Waals surface area contributed by atoms with Gasteiger partial charge in [0.25, 0.3) is 0 Å². The van der Waals surface area contributed by atoms with Gasteiger partial charge in [0.05, 0.1) is 0 Å². The first-order chi connectivity index (χ1) is 8.58. The van der Waals surface area contributed by atoms with Crippen molar-refractivity contribution in [2.45, 2.75) is 9.92 Å². The zero-order valence-corrected chi connectivity index (χ0v) is 9.84. The standard InChI is InChI=1S/C11H8F2N4S/c12-6-1-2-8(7(13)5-6)18-11-9(10(14)15)16-3-4-17-11/h1-5H,(H3,14,15). The molecule has 1 aromatic heterocycles. The topological polar surface area (TPSA) is 75.7 Å². The van der Waals surface area contributed by atoms with E-state index >= 15 is 0 Å². The van der Waals surface area contributed by atoms with Gasteiger partial charge >= 0.3 is 0 Å². The van der Waals surface area contributed by atoms with Gasteiger partial charge in [-0.2, -0.15) is 0 Å². The maximum absolute atomic E-state index is 13.5. The zero-order chi connectivity index (χ0) is 13.1. The fraction of sp³-hybridized carbons (Fsp3) is 0. The average Bonchev–Trinajstić information content (AvgIpc) is 2.33. The van der Waals surface area contributed by atoms with E-state index in [1.807, 2.05) is 0 Å². The van der Waals surface area contributed by atoms with Crippen molar-refractivity contribution in [3.63, 3.8) is 0 Å². The highest BCUT2D eigenvalue weighted by molar-refractivity contribution is 7.99. The summed E-state index contributed by atoms with van der Waals surface area (Å²) in [6.45, 7) is 0. The highest BCUT2D eigenvalue weighted by Gasteiger charge is 2.12. The number of hydrogen-bond acceptors (Lipinski definition) is 4. The van der Waals surface area contributed by atoms with Crippen molar-refractivity contribution in [1.82, 2.24) is 9.97 Å². The fourth-order valence-corrected chi connectivity index (χ4v) is 2.12. The van der Waals surface area contributed by atoms with E-state index < -0.39 is 11.6 Å². The third-order valence-electron chi connectivity index (χ3n) is 2.02. The first-order valence-electron chi connectivity index (χ1n) is 4.86. The number of nitrogens with zero attached hydrogens (tertiary/aromatic N) is 2. The van der Waals surface area contributed by atoms with Crippen molar-refractivity contribution in [2.24, 2.45) is 5.73 Å². The van der Waals surface area contributed by atoms with E-state index in [-0.39, 0.29) is 16.4 Å². The molecule has 0 amide bonds. The lowest BCUT2D eigenvalue weighted by Crippen LogP contribution is -2.15. The van der Waals surface area contributed by atoms with Crippen molar-refractivity contribution >= 4 is 17.6 Å². The van der Waals surface area contributed by atoms with Crippen LogP contribution in [-0.4, -0.2) is 15.8 Å². The van der Waals surface area contributed by atoms with Crippen LogP contribution < -0.4 is 5.73 Å². The Hall–Kier alpha value is -2.02. The van der Waals surface area contributed by atoms with E-state index in [1.165, 1.54) is 18.5 Å². The van der Waals surface area contributed by atoms with Crippen LogP contribution in [0, 0.1) is 17.0 Å². The summed E-state index contributed by atoms with van der Waals surface area (Å²) in [5.41, 5.74) is 5.52. The average molecular weight is 266 g/mol. The molecule has 2 aromatic rings. The summed E-state index contributed by atoms with van der Waals surface area (Å²) in [6, 6.07) is 3.23. The number of nitrogen functional groups attached to an aromatic ring is 1. The molecule has 0 spiro atoms. The monoisotopic (exact) mass is 266 g/mol. The van der Waals surface area contributed by atoms with Gasteiger partial charge < -0.3 is 5.73 Å². The van der Waals surface area contributed by atoms with Crippen LogP contribution in [0.4, 0.5) is 8.78 Å². The lowest BCUT2D eigenvalue weighted by molar-refractivity contribution is 0.565. The van der Waals surface area contributed by atoms with Crippen LogP contribution in [0.3, 0.4) is 0 Å². The second-order valence-electron chi connectivity index (χ2n) is 3.30. The summed E-state index contributed by atoms with van der Waals surface area (Å²) < 4.78 is 26.2. The molecule has 0 radical (unpaired) electrons. The van der Waals surface area contributed by atoms with Gasteiger partial charge in [0.15, 0.2) is 0 Å². The summed E-state index contributed by atoms with van der Waals surface area (Å²) in [5, 5.41) is 7.64. The highest BCUT2D eigenvalue weighted by atomic mass is 32.2. The van der Waals surface area contributed by atoms with Crippen LogP contribution in [0.2, 0.25) is 0 Å². The van der Waals surface area contributed by atoms with Crippen molar-refractivity contribution in [2.75, 3.05) is 0 Å². The Balaban J connectivity index is 2.37. The number of nitrogens with two attached hydrogens (primary N) is 1. The first-order valence-corrected chi connectivity index (χ1v) is 5.68. The molecule has 0 aliphatic rings. The quantitative estimate of drug-likeness (QED) is 0.659. The Morgan fingerprint density at radius 1 is 1.22 bits per heavy atom. The van der Waals surface area contributed by atoms with Gasteiger partial charge in [-0.15, -0.1) is 0 Å². The van der Waals surface area contributed by atoms with E-state index in [0.717, 1.165) is 23.9 Å². The second kappa shape index (κ2) is 5.09. The SMILES string of the molecule is N=C(N)c1nccnc1Sc1ccc(F)cc1F. The van der Waals surface area contributed by atoms with Crippen LogP contribution in [-0.2, 0) is 0 Å². The van der Waals surface area contributed by atoms with E-state index in [1.54, 1.807) is 0 Å². The molecule has 0 atom stereocenters. The van der Waals surface area contributed by atoms with Crippen LogP contribution in [0.25, 0.3) is 0 Å². The summed E-state index contributed by atoms with van der Waals surface area (Å²) >= 11 is 0.942. The molecule has 0 bridgehead atoms. The molecule has 3 N–H and O–H groups in total. The molecule has 18 heavy (non-hydrogen) atoms. The van der Waals surface area contributed by atoms with E-state index in [2.05, 4.69) is 9.97 Å². The molecule has 2 rings (SSSR count). The predicted molar refractivity (Wildman–Crippen MR) is 63.5 cm³/mol. The van der Waals surface area contributed by atoms with Crippen LogP contribution >= 0.6 is 11.8 Å². The summed E-state index contributed by atoms with van der Waals surface area (Å²) in [4.78, 5) is 8.06. The van der Waals surface area contributed by atoms with Crippen molar-refractivity contribution < 1.29 is 8.78 Å². The van der Waals surface area contributed by atoms with Gasteiger partial charge in [0.2, 0.25) is 0 Å². The molecule has 0 unspecified atom stereocenters. The molecule has 0 aliphatic carbocycles. The molecule has 1 aromatic carbocycles. The Labute approximate surface area is 106 Å². The third-order valence-corrected chi connectivity index (χ3v) is 3.06. The smallest absolute Gasteiger partial charge is 0.144 e. The number of benzene rings is 1. The van der Waals surface area contributed by atoms with Crippen LogP contribution in [0.1, 0.15) is 5.69 Å². The molecular weight excluding hydrogens is 258 g/mol.